The molecule has 0 unspecified atom stereocenters. The third-order valence-electron chi connectivity index (χ3n) is 2.46. The lowest BCUT2D eigenvalue weighted by atomic mass is 10.0. The SMILES string of the molecule is C=C(C)CNC(=O)c1ccccc1CCNC. The average Bonchev–Trinajstić information content (AvgIpc) is 2.33. The zero-order valence-corrected chi connectivity index (χ0v) is 10.5. The Labute approximate surface area is 103 Å². The monoisotopic (exact) mass is 232 g/mol. The van der Waals surface area contributed by atoms with Crippen LogP contribution in [0.5, 0.6) is 0 Å². The molecule has 2 N–H and O–H groups in total. The molecule has 3 nitrogen and oxygen atoms in total. The maximum atomic E-state index is 12.0. The molecule has 0 aromatic heterocycles. The Morgan fingerprint density at radius 3 is 2.71 bits per heavy atom. The Kier molecular flexibility index (Phi) is 5.43. The molecule has 1 amide bonds. The van der Waals surface area contributed by atoms with Crippen LogP contribution >= 0.6 is 0 Å². The summed E-state index contributed by atoms with van der Waals surface area (Å²) in [5, 5.41) is 5.94. The van der Waals surface area contributed by atoms with Gasteiger partial charge in [-0.3, -0.25) is 4.79 Å². The van der Waals surface area contributed by atoms with Gasteiger partial charge in [0, 0.05) is 12.1 Å². The maximum Gasteiger partial charge on any atom is 0.251 e. The number of hydrogen-bond donors (Lipinski definition) is 2. The van der Waals surface area contributed by atoms with E-state index in [0.717, 1.165) is 29.7 Å². The van der Waals surface area contributed by atoms with Crippen molar-refractivity contribution in [1.82, 2.24) is 10.6 Å². The van der Waals surface area contributed by atoms with Gasteiger partial charge in [-0.05, 0) is 38.6 Å². The lowest BCUT2D eigenvalue weighted by Gasteiger charge is -2.09. The molecular weight excluding hydrogens is 212 g/mol. The van der Waals surface area contributed by atoms with Crippen LogP contribution in [0.15, 0.2) is 36.4 Å². The fraction of sp³-hybridized carbons (Fsp3) is 0.357. The summed E-state index contributed by atoms with van der Waals surface area (Å²) in [6.45, 7) is 7.06. The van der Waals surface area contributed by atoms with Crippen LogP contribution in [0.25, 0.3) is 0 Å². The zero-order valence-electron chi connectivity index (χ0n) is 10.5. The van der Waals surface area contributed by atoms with E-state index in [1.54, 1.807) is 0 Å². The quantitative estimate of drug-likeness (QED) is 0.734. The van der Waals surface area contributed by atoms with Gasteiger partial charge in [-0.25, -0.2) is 0 Å². The van der Waals surface area contributed by atoms with E-state index in [1.807, 2.05) is 38.2 Å². The van der Waals surface area contributed by atoms with Gasteiger partial charge in [-0.1, -0.05) is 30.4 Å². The number of likely N-dealkylation sites (N-methyl/N-ethyl adjacent to an activating group) is 1. The standard InChI is InChI=1S/C14H20N2O/c1-11(2)10-16-14(17)13-7-5-4-6-12(13)8-9-15-3/h4-7,15H,1,8-10H2,2-3H3,(H,16,17). The highest BCUT2D eigenvalue weighted by Crippen LogP contribution is 2.09. The average molecular weight is 232 g/mol. The second kappa shape index (κ2) is 6.86. The summed E-state index contributed by atoms with van der Waals surface area (Å²) in [6, 6.07) is 7.70. The van der Waals surface area contributed by atoms with Gasteiger partial charge in [0.05, 0.1) is 0 Å². The van der Waals surface area contributed by atoms with Gasteiger partial charge in [0.15, 0.2) is 0 Å². The first-order chi connectivity index (χ1) is 8.15. The summed E-state index contributed by atoms with van der Waals surface area (Å²) in [5.74, 6) is -0.0281. The zero-order chi connectivity index (χ0) is 12.7. The van der Waals surface area contributed by atoms with Crippen molar-refractivity contribution < 1.29 is 4.79 Å². The Morgan fingerprint density at radius 1 is 1.35 bits per heavy atom. The number of hydrogen-bond acceptors (Lipinski definition) is 2. The van der Waals surface area contributed by atoms with E-state index >= 15 is 0 Å². The van der Waals surface area contributed by atoms with Gasteiger partial charge < -0.3 is 10.6 Å². The van der Waals surface area contributed by atoms with Crippen LogP contribution in [-0.4, -0.2) is 26.0 Å². The highest BCUT2D eigenvalue weighted by Gasteiger charge is 2.09. The molecule has 0 fully saturated rings. The van der Waals surface area contributed by atoms with E-state index < -0.39 is 0 Å². The molecule has 0 bridgehead atoms. The predicted molar refractivity (Wildman–Crippen MR) is 71.2 cm³/mol. The molecule has 17 heavy (non-hydrogen) atoms. The molecule has 0 aliphatic heterocycles. The molecule has 0 aliphatic carbocycles. The van der Waals surface area contributed by atoms with Crippen molar-refractivity contribution in [2.24, 2.45) is 0 Å². The Bertz CT molecular complexity index is 399. The van der Waals surface area contributed by atoms with Crippen LogP contribution in [-0.2, 0) is 6.42 Å². The molecular formula is C14H20N2O. The predicted octanol–water partition coefficient (Wildman–Crippen LogP) is 1.75. The second-order valence-electron chi connectivity index (χ2n) is 4.15. The molecule has 0 heterocycles. The van der Waals surface area contributed by atoms with Crippen molar-refractivity contribution in [3.63, 3.8) is 0 Å². The van der Waals surface area contributed by atoms with E-state index in [2.05, 4.69) is 17.2 Å². The number of benzene rings is 1. The number of carbonyl (C=O) groups is 1. The molecule has 0 atom stereocenters. The summed E-state index contributed by atoms with van der Waals surface area (Å²) in [6.07, 6.45) is 0.854. The summed E-state index contributed by atoms with van der Waals surface area (Å²) in [5.41, 5.74) is 2.77. The third kappa shape index (κ3) is 4.41. The normalized spacial score (nSPS) is 10.0. The van der Waals surface area contributed by atoms with Crippen LogP contribution in [0.3, 0.4) is 0 Å². The van der Waals surface area contributed by atoms with Gasteiger partial charge in [0.1, 0.15) is 0 Å². The highest BCUT2D eigenvalue weighted by molar-refractivity contribution is 5.95. The maximum absolute atomic E-state index is 12.0. The van der Waals surface area contributed by atoms with Gasteiger partial charge in [0.2, 0.25) is 0 Å². The first kappa shape index (κ1) is 13.5. The van der Waals surface area contributed by atoms with Crippen LogP contribution in [0.2, 0.25) is 0 Å². The van der Waals surface area contributed by atoms with Crippen LogP contribution < -0.4 is 10.6 Å². The van der Waals surface area contributed by atoms with E-state index in [9.17, 15) is 4.79 Å². The van der Waals surface area contributed by atoms with Crippen molar-refractivity contribution in [2.75, 3.05) is 20.1 Å². The van der Waals surface area contributed by atoms with Gasteiger partial charge in [0.25, 0.3) is 5.91 Å². The van der Waals surface area contributed by atoms with Gasteiger partial charge >= 0.3 is 0 Å². The summed E-state index contributed by atoms with van der Waals surface area (Å²) < 4.78 is 0. The molecule has 0 saturated carbocycles. The molecule has 1 rings (SSSR count). The number of amides is 1. The number of nitrogens with one attached hydrogen (secondary N) is 2. The first-order valence-electron chi connectivity index (χ1n) is 5.80. The van der Waals surface area contributed by atoms with Crippen LogP contribution in [0.4, 0.5) is 0 Å². The second-order valence-corrected chi connectivity index (χ2v) is 4.15. The van der Waals surface area contributed by atoms with Gasteiger partial charge in [-0.2, -0.15) is 0 Å². The summed E-state index contributed by atoms with van der Waals surface area (Å²) >= 11 is 0. The Hall–Kier alpha value is -1.61. The van der Waals surface area contributed by atoms with Crippen LogP contribution in [0.1, 0.15) is 22.8 Å². The van der Waals surface area contributed by atoms with Crippen molar-refractivity contribution in [1.29, 1.82) is 0 Å². The fourth-order valence-electron chi connectivity index (χ4n) is 1.55. The van der Waals surface area contributed by atoms with Crippen molar-refractivity contribution in [2.45, 2.75) is 13.3 Å². The highest BCUT2D eigenvalue weighted by atomic mass is 16.1. The summed E-state index contributed by atoms with van der Waals surface area (Å²) in [7, 11) is 1.91. The van der Waals surface area contributed by atoms with E-state index in [1.165, 1.54) is 0 Å². The topological polar surface area (TPSA) is 41.1 Å². The molecule has 3 heteroatoms. The molecule has 92 valence electrons. The lowest BCUT2D eigenvalue weighted by Crippen LogP contribution is -2.26. The summed E-state index contributed by atoms with van der Waals surface area (Å²) in [4.78, 5) is 12.0. The fourth-order valence-corrected chi connectivity index (χ4v) is 1.55. The van der Waals surface area contributed by atoms with E-state index in [4.69, 9.17) is 0 Å². The third-order valence-corrected chi connectivity index (χ3v) is 2.46. The largest absolute Gasteiger partial charge is 0.348 e. The molecule has 0 aliphatic rings. The van der Waals surface area contributed by atoms with Crippen molar-refractivity contribution in [3.8, 4) is 0 Å². The van der Waals surface area contributed by atoms with E-state index in [-0.39, 0.29) is 5.91 Å². The molecule has 0 spiro atoms. The Balaban J connectivity index is 2.74. The molecule has 1 aromatic rings. The minimum atomic E-state index is -0.0281. The van der Waals surface area contributed by atoms with Crippen molar-refractivity contribution >= 4 is 5.91 Å². The number of rotatable bonds is 6. The molecule has 1 aromatic carbocycles. The molecule has 0 radical (unpaired) electrons. The minimum Gasteiger partial charge on any atom is -0.348 e. The lowest BCUT2D eigenvalue weighted by molar-refractivity contribution is 0.0956. The molecule has 0 saturated heterocycles. The smallest absolute Gasteiger partial charge is 0.251 e. The van der Waals surface area contributed by atoms with Crippen LogP contribution in [0, 0.1) is 0 Å². The minimum absolute atomic E-state index is 0.0281. The number of carbonyl (C=O) groups excluding carboxylic acids is 1. The first-order valence-corrected chi connectivity index (χ1v) is 5.80. The van der Waals surface area contributed by atoms with E-state index in [0.29, 0.717) is 6.54 Å². The Morgan fingerprint density at radius 2 is 2.06 bits per heavy atom. The van der Waals surface area contributed by atoms with Crippen molar-refractivity contribution in [3.05, 3.63) is 47.5 Å². The van der Waals surface area contributed by atoms with Gasteiger partial charge in [-0.15, -0.1) is 0 Å².